The Morgan fingerprint density at radius 3 is 2.74 bits per heavy atom. The predicted molar refractivity (Wildman–Crippen MR) is 129 cm³/mol. The molecule has 3 aliphatic rings. The summed E-state index contributed by atoms with van der Waals surface area (Å²) in [6.07, 6.45) is 10.9. The molecule has 0 amide bonds. The molecule has 5 nitrogen and oxygen atoms in total. The van der Waals surface area contributed by atoms with Crippen molar-refractivity contribution in [3.05, 3.63) is 85.9 Å². The van der Waals surface area contributed by atoms with Crippen LogP contribution >= 0.6 is 23.4 Å². The van der Waals surface area contributed by atoms with Crippen LogP contribution in [0.4, 0.5) is 4.39 Å². The number of benzene rings is 1. The van der Waals surface area contributed by atoms with Crippen molar-refractivity contribution in [2.24, 2.45) is 5.92 Å². The maximum atomic E-state index is 13.9. The van der Waals surface area contributed by atoms with E-state index in [1.165, 1.54) is 18.2 Å². The van der Waals surface area contributed by atoms with Gasteiger partial charge in [-0.3, -0.25) is 4.79 Å². The third-order valence-corrected chi connectivity index (χ3v) is 8.72. The molecule has 2 aromatic heterocycles. The Labute approximate surface area is 203 Å². The molecule has 2 aliphatic carbocycles. The number of rotatable bonds is 2. The lowest BCUT2D eigenvalue weighted by molar-refractivity contribution is 0.231. The van der Waals surface area contributed by atoms with Gasteiger partial charge in [-0.25, -0.2) is 9.18 Å². The van der Waals surface area contributed by atoms with E-state index in [2.05, 4.69) is 0 Å². The van der Waals surface area contributed by atoms with E-state index in [0.29, 0.717) is 9.93 Å². The number of allylic oxidation sites excluding steroid dienone is 4. The molecule has 1 aromatic carbocycles. The van der Waals surface area contributed by atoms with Gasteiger partial charge < -0.3 is 14.1 Å². The van der Waals surface area contributed by atoms with Crippen molar-refractivity contribution in [3.8, 4) is 5.75 Å². The minimum atomic E-state index is -0.764. The van der Waals surface area contributed by atoms with Crippen molar-refractivity contribution in [2.75, 3.05) is 0 Å². The average molecular weight is 498 g/mol. The van der Waals surface area contributed by atoms with Crippen LogP contribution in [-0.4, -0.2) is 9.67 Å². The first-order chi connectivity index (χ1) is 16.4. The van der Waals surface area contributed by atoms with Crippen LogP contribution in [0.15, 0.2) is 77.4 Å². The molecule has 8 heteroatoms. The fourth-order valence-electron chi connectivity index (χ4n) is 5.99. The van der Waals surface area contributed by atoms with Crippen molar-refractivity contribution in [3.63, 3.8) is 0 Å². The first-order valence-corrected chi connectivity index (χ1v) is 12.5. The number of nitrogens with zero attached hydrogens (tertiary/aromatic N) is 1. The van der Waals surface area contributed by atoms with E-state index in [-0.39, 0.29) is 33.2 Å². The van der Waals surface area contributed by atoms with Gasteiger partial charge in [0.25, 0.3) is 5.56 Å². The van der Waals surface area contributed by atoms with Crippen molar-refractivity contribution < 1.29 is 13.9 Å². The summed E-state index contributed by atoms with van der Waals surface area (Å²) in [6.45, 7) is 0. The van der Waals surface area contributed by atoms with E-state index in [0.717, 1.165) is 49.6 Å². The van der Waals surface area contributed by atoms with E-state index in [4.69, 9.17) is 16.0 Å². The van der Waals surface area contributed by atoms with Crippen molar-refractivity contribution in [1.29, 1.82) is 0 Å². The highest BCUT2D eigenvalue weighted by Crippen LogP contribution is 2.56. The lowest BCUT2D eigenvalue weighted by Gasteiger charge is -2.39. The summed E-state index contributed by atoms with van der Waals surface area (Å²) >= 11 is 7.26. The number of aromatic hydroxyl groups is 1. The van der Waals surface area contributed by atoms with E-state index < -0.39 is 22.8 Å². The van der Waals surface area contributed by atoms with Gasteiger partial charge in [-0.15, -0.1) is 0 Å². The Hall–Kier alpha value is -2.77. The summed E-state index contributed by atoms with van der Waals surface area (Å²) in [5, 5.41) is 11.7. The summed E-state index contributed by atoms with van der Waals surface area (Å²) in [6, 6.07) is 7.21. The summed E-state index contributed by atoms with van der Waals surface area (Å²) in [5.74, 6) is -0.882. The lowest BCUT2D eigenvalue weighted by Crippen LogP contribution is -2.34. The van der Waals surface area contributed by atoms with Gasteiger partial charge in [0.2, 0.25) is 0 Å². The molecule has 1 saturated carbocycles. The second-order valence-corrected chi connectivity index (χ2v) is 10.7. The highest BCUT2D eigenvalue weighted by molar-refractivity contribution is 7.99. The van der Waals surface area contributed by atoms with E-state index in [9.17, 15) is 19.1 Å². The van der Waals surface area contributed by atoms with Gasteiger partial charge in [0.15, 0.2) is 5.75 Å². The zero-order valence-electron chi connectivity index (χ0n) is 18.1. The first-order valence-electron chi connectivity index (χ1n) is 11.3. The molecule has 1 N–H and O–H groups in total. The van der Waals surface area contributed by atoms with Gasteiger partial charge in [0, 0.05) is 33.0 Å². The van der Waals surface area contributed by atoms with Gasteiger partial charge in [-0.2, -0.15) is 0 Å². The number of aromatic nitrogens is 1. The Kier molecular flexibility index (Phi) is 5.04. The Morgan fingerprint density at radius 1 is 1.18 bits per heavy atom. The zero-order chi connectivity index (χ0) is 23.6. The molecule has 6 rings (SSSR count). The number of hydrogen-bond donors (Lipinski definition) is 1. The number of pyridine rings is 1. The van der Waals surface area contributed by atoms with Crippen LogP contribution in [0, 0.1) is 11.7 Å². The number of hydrogen-bond acceptors (Lipinski definition) is 5. The van der Waals surface area contributed by atoms with Crippen LogP contribution in [0.25, 0.3) is 11.0 Å². The molecule has 1 spiro atoms. The van der Waals surface area contributed by atoms with Crippen LogP contribution in [-0.2, 0) is 5.41 Å². The molecular formula is C26H21ClFNO4S. The summed E-state index contributed by atoms with van der Waals surface area (Å²) < 4.78 is 21.0. The molecule has 0 saturated heterocycles. The minimum absolute atomic E-state index is 0.0183. The highest BCUT2D eigenvalue weighted by atomic mass is 35.5. The van der Waals surface area contributed by atoms with Crippen LogP contribution in [0.3, 0.4) is 0 Å². The van der Waals surface area contributed by atoms with Crippen LogP contribution < -0.4 is 11.2 Å². The Bertz CT molecular complexity index is 1520. The minimum Gasteiger partial charge on any atom is -0.505 e. The maximum Gasteiger partial charge on any atom is 0.354 e. The molecule has 1 fully saturated rings. The molecule has 3 heterocycles. The van der Waals surface area contributed by atoms with Gasteiger partial charge >= 0.3 is 5.63 Å². The number of fused-ring (bicyclic) bond motifs is 6. The van der Waals surface area contributed by atoms with E-state index in [1.807, 2.05) is 12.2 Å². The van der Waals surface area contributed by atoms with Gasteiger partial charge in [-0.05, 0) is 37.1 Å². The summed E-state index contributed by atoms with van der Waals surface area (Å²) in [5.41, 5.74) is -0.530. The molecule has 174 valence electrons. The molecule has 1 aliphatic heterocycles. The summed E-state index contributed by atoms with van der Waals surface area (Å²) in [4.78, 5) is 27.0. The van der Waals surface area contributed by atoms with E-state index in [1.54, 1.807) is 22.8 Å². The largest absolute Gasteiger partial charge is 0.505 e. The highest BCUT2D eigenvalue weighted by Gasteiger charge is 2.52. The molecule has 0 bridgehead atoms. The third kappa shape index (κ3) is 3.13. The Balaban J connectivity index is 1.59. The zero-order valence-corrected chi connectivity index (χ0v) is 19.7. The van der Waals surface area contributed by atoms with Crippen molar-refractivity contribution in [2.45, 2.75) is 53.4 Å². The molecular weight excluding hydrogens is 477 g/mol. The number of halogens is 2. The standard InChI is InChI=1S/C26H21ClFNO4S/c27-14-7-8-18-17(11-14)26(9-2-1-3-10-26)20-13-19-21(24(31)29(18)20)22(30)23(25(32)33-19)34-16-6-4-5-15(28)12-16/h4-8,11-13,17-18,30H,1-3,9-10H2. The molecule has 3 aromatic rings. The fourth-order valence-corrected chi connectivity index (χ4v) is 7.07. The maximum absolute atomic E-state index is 13.9. The smallest absolute Gasteiger partial charge is 0.354 e. The first kappa shape index (κ1) is 21.7. The summed E-state index contributed by atoms with van der Waals surface area (Å²) in [7, 11) is 0. The van der Waals surface area contributed by atoms with Crippen LogP contribution in [0.2, 0.25) is 0 Å². The van der Waals surface area contributed by atoms with Gasteiger partial charge in [0.1, 0.15) is 21.7 Å². The monoisotopic (exact) mass is 497 g/mol. The quantitative estimate of drug-likeness (QED) is 0.469. The van der Waals surface area contributed by atoms with Gasteiger partial charge in [0.05, 0.1) is 6.04 Å². The van der Waals surface area contributed by atoms with Crippen molar-refractivity contribution >= 4 is 34.3 Å². The van der Waals surface area contributed by atoms with Crippen LogP contribution in [0.1, 0.15) is 43.8 Å². The van der Waals surface area contributed by atoms with Crippen LogP contribution in [0.5, 0.6) is 5.75 Å². The Morgan fingerprint density at radius 2 is 1.97 bits per heavy atom. The normalized spacial score (nSPS) is 22.6. The SMILES string of the molecule is O=c1oc2cc3n(c(=O)c2c(O)c1Sc1cccc(F)c1)C1C=CC(Cl)=CC1C31CCCCC1. The average Bonchev–Trinajstić information content (AvgIpc) is 3.06. The second-order valence-electron chi connectivity index (χ2n) is 9.21. The third-order valence-electron chi connectivity index (χ3n) is 7.41. The lowest BCUT2D eigenvalue weighted by atomic mass is 9.63. The van der Waals surface area contributed by atoms with E-state index >= 15 is 0 Å². The predicted octanol–water partition coefficient (Wildman–Crippen LogP) is 6.02. The molecule has 0 radical (unpaired) electrons. The molecule has 2 unspecified atom stereocenters. The molecule has 34 heavy (non-hydrogen) atoms. The van der Waals surface area contributed by atoms with Crippen molar-refractivity contribution in [1.82, 2.24) is 4.57 Å². The molecule has 2 atom stereocenters. The fraction of sp³-hybridized carbons (Fsp3) is 0.308. The topological polar surface area (TPSA) is 72.4 Å². The van der Waals surface area contributed by atoms with Gasteiger partial charge in [-0.1, -0.05) is 60.8 Å². The second kappa shape index (κ2) is 7.89.